The highest BCUT2D eigenvalue weighted by molar-refractivity contribution is 5.94. The number of amides is 1. The number of carbonyl (C=O) groups is 2. The molecule has 0 N–H and O–H groups in total. The minimum Gasteiger partial charge on any atom is -0.434 e. The molecule has 1 aliphatic rings. The van der Waals surface area contributed by atoms with Crippen molar-refractivity contribution in [3.05, 3.63) is 47.4 Å². The van der Waals surface area contributed by atoms with Crippen LogP contribution in [0, 0.1) is 0 Å². The first-order chi connectivity index (χ1) is 13.3. The molecule has 7 nitrogen and oxygen atoms in total. The van der Waals surface area contributed by atoms with E-state index in [0.717, 1.165) is 5.56 Å². The van der Waals surface area contributed by atoms with Crippen molar-refractivity contribution in [2.24, 2.45) is 5.10 Å². The number of hydrogen-bond acceptors (Lipinski definition) is 6. The van der Waals surface area contributed by atoms with E-state index in [2.05, 4.69) is 5.10 Å². The van der Waals surface area contributed by atoms with Crippen LogP contribution in [-0.4, -0.2) is 42.1 Å². The zero-order chi connectivity index (χ0) is 20.7. The topological polar surface area (TPSA) is 77.4 Å². The highest BCUT2D eigenvalue weighted by atomic mass is 16.7. The van der Waals surface area contributed by atoms with Gasteiger partial charge in [-0.1, -0.05) is 30.3 Å². The van der Waals surface area contributed by atoms with Gasteiger partial charge in [-0.25, -0.2) is 9.80 Å². The average molecular weight is 388 g/mol. The van der Waals surface area contributed by atoms with Gasteiger partial charge in [-0.15, -0.1) is 0 Å². The normalized spacial score (nSPS) is 17.8. The second-order valence-electron chi connectivity index (χ2n) is 6.62. The Bertz CT molecular complexity index is 757. The van der Waals surface area contributed by atoms with Gasteiger partial charge in [-0.2, -0.15) is 5.10 Å². The van der Waals surface area contributed by atoms with Crippen molar-refractivity contribution in [1.29, 1.82) is 0 Å². The third-order valence-electron chi connectivity index (χ3n) is 4.43. The maximum absolute atomic E-state index is 12.3. The maximum Gasteiger partial charge on any atom is 0.513 e. The quantitative estimate of drug-likeness (QED) is 0.654. The molecule has 2 rings (SSSR count). The molecule has 2 unspecified atom stereocenters. The Morgan fingerprint density at radius 1 is 1.21 bits per heavy atom. The first-order valence-electron chi connectivity index (χ1n) is 9.42. The number of carbonyl (C=O) groups excluding carboxylic acids is 2. The Hall–Kier alpha value is -2.67. The van der Waals surface area contributed by atoms with E-state index in [1.54, 1.807) is 13.8 Å². The number of benzene rings is 1. The monoisotopic (exact) mass is 388 g/mol. The molecule has 1 aromatic carbocycles. The molecule has 0 aliphatic carbocycles. The fourth-order valence-corrected chi connectivity index (χ4v) is 3.07. The van der Waals surface area contributed by atoms with Crippen molar-refractivity contribution in [2.45, 2.75) is 53.1 Å². The molecule has 2 atom stereocenters. The molecular weight excluding hydrogens is 360 g/mol. The SMILES string of the molecule is CCOC(C)CCOC(=O)OC1=C(C)N(C(C)=O)N=C(C)C1c1ccccc1. The molecule has 1 heterocycles. The van der Waals surface area contributed by atoms with Crippen LogP contribution in [0.1, 0.15) is 52.5 Å². The van der Waals surface area contributed by atoms with Crippen LogP contribution in [-0.2, 0) is 19.0 Å². The lowest BCUT2D eigenvalue weighted by molar-refractivity contribution is -0.127. The Balaban J connectivity index is 2.19. The van der Waals surface area contributed by atoms with Crippen LogP contribution in [0.5, 0.6) is 0 Å². The smallest absolute Gasteiger partial charge is 0.434 e. The second kappa shape index (κ2) is 10.0. The summed E-state index contributed by atoms with van der Waals surface area (Å²) in [5.41, 5.74) is 2.03. The zero-order valence-corrected chi connectivity index (χ0v) is 17.1. The molecule has 0 saturated heterocycles. The highest BCUT2D eigenvalue weighted by Gasteiger charge is 2.33. The van der Waals surface area contributed by atoms with E-state index in [0.29, 0.717) is 30.2 Å². The van der Waals surface area contributed by atoms with Crippen molar-refractivity contribution in [1.82, 2.24) is 5.01 Å². The molecule has 7 heteroatoms. The van der Waals surface area contributed by atoms with Crippen molar-refractivity contribution in [2.75, 3.05) is 13.2 Å². The van der Waals surface area contributed by atoms with Crippen LogP contribution in [0.25, 0.3) is 0 Å². The largest absolute Gasteiger partial charge is 0.513 e. The van der Waals surface area contributed by atoms with Crippen molar-refractivity contribution in [3.63, 3.8) is 0 Å². The predicted molar refractivity (Wildman–Crippen MR) is 106 cm³/mol. The van der Waals surface area contributed by atoms with Gasteiger partial charge in [0.1, 0.15) is 5.76 Å². The van der Waals surface area contributed by atoms with Crippen molar-refractivity contribution < 1.29 is 23.8 Å². The third-order valence-corrected chi connectivity index (χ3v) is 4.43. The van der Waals surface area contributed by atoms with Gasteiger partial charge in [0, 0.05) is 20.0 Å². The number of rotatable bonds is 7. The lowest BCUT2D eigenvalue weighted by Crippen LogP contribution is -2.33. The molecule has 0 spiro atoms. The number of hydrazone groups is 1. The minimum absolute atomic E-state index is 0.00641. The molecule has 0 fully saturated rings. The summed E-state index contributed by atoms with van der Waals surface area (Å²) >= 11 is 0. The standard InChI is InChI=1S/C21H28N2O5/c1-6-26-14(2)12-13-27-21(25)28-20-16(4)23(17(5)24)22-15(3)19(20)18-10-8-7-9-11-18/h7-11,14,19H,6,12-13H2,1-5H3. The molecule has 0 aromatic heterocycles. The summed E-state index contributed by atoms with van der Waals surface area (Å²) in [4.78, 5) is 24.2. The summed E-state index contributed by atoms with van der Waals surface area (Å²) in [6.07, 6.45) is -0.242. The summed E-state index contributed by atoms with van der Waals surface area (Å²) in [5, 5.41) is 5.62. The van der Waals surface area contributed by atoms with Gasteiger partial charge in [-0.05, 0) is 33.3 Å². The van der Waals surface area contributed by atoms with E-state index in [1.165, 1.54) is 11.9 Å². The van der Waals surface area contributed by atoms with Gasteiger partial charge < -0.3 is 14.2 Å². The van der Waals surface area contributed by atoms with Crippen LogP contribution >= 0.6 is 0 Å². The van der Waals surface area contributed by atoms with Gasteiger partial charge in [-0.3, -0.25) is 4.79 Å². The molecular formula is C21H28N2O5. The van der Waals surface area contributed by atoms with Crippen LogP contribution < -0.4 is 0 Å². The molecule has 28 heavy (non-hydrogen) atoms. The molecule has 152 valence electrons. The van der Waals surface area contributed by atoms with Gasteiger partial charge in [0.15, 0.2) is 0 Å². The predicted octanol–water partition coefficient (Wildman–Crippen LogP) is 4.21. The van der Waals surface area contributed by atoms with E-state index in [1.807, 2.05) is 44.2 Å². The maximum atomic E-state index is 12.3. The van der Waals surface area contributed by atoms with E-state index in [4.69, 9.17) is 14.2 Å². The van der Waals surface area contributed by atoms with E-state index in [9.17, 15) is 9.59 Å². The highest BCUT2D eigenvalue weighted by Crippen LogP contribution is 2.34. The van der Waals surface area contributed by atoms with Crippen LogP contribution in [0.15, 0.2) is 46.9 Å². The third kappa shape index (κ3) is 5.42. The Kier molecular flexibility index (Phi) is 7.75. The Labute approximate surface area is 165 Å². The van der Waals surface area contributed by atoms with Crippen molar-refractivity contribution in [3.8, 4) is 0 Å². The van der Waals surface area contributed by atoms with Crippen LogP contribution in [0.2, 0.25) is 0 Å². The van der Waals surface area contributed by atoms with Gasteiger partial charge in [0.2, 0.25) is 5.91 Å². The van der Waals surface area contributed by atoms with Gasteiger partial charge in [0.05, 0.1) is 30.0 Å². The van der Waals surface area contributed by atoms with Gasteiger partial charge in [0.25, 0.3) is 0 Å². The fourth-order valence-electron chi connectivity index (χ4n) is 3.07. The van der Waals surface area contributed by atoms with E-state index in [-0.39, 0.29) is 24.5 Å². The van der Waals surface area contributed by atoms with Crippen LogP contribution in [0.3, 0.4) is 0 Å². The second-order valence-corrected chi connectivity index (χ2v) is 6.62. The molecule has 1 aliphatic heterocycles. The summed E-state index contributed by atoms with van der Waals surface area (Å²) < 4.78 is 16.2. The fraction of sp³-hybridized carbons (Fsp3) is 0.476. The number of ether oxygens (including phenoxy) is 3. The molecule has 0 bridgehead atoms. The Morgan fingerprint density at radius 3 is 2.50 bits per heavy atom. The number of nitrogens with zero attached hydrogens (tertiary/aromatic N) is 2. The lowest BCUT2D eigenvalue weighted by atomic mass is 9.91. The summed E-state index contributed by atoms with van der Waals surface area (Å²) in [6, 6.07) is 9.57. The minimum atomic E-state index is -0.808. The Morgan fingerprint density at radius 2 is 1.89 bits per heavy atom. The number of allylic oxidation sites excluding steroid dienone is 2. The molecule has 1 amide bonds. The lowest BCUT2D eigenvalue weighted by Gasteiger charge is -2.30. The first kappa shape index (κ1) is 21.6. The first-order valence-corrected chi connectivity index (χ1v) is 9.42. The van der Waals surface area contributed by atoms with E-state index >= 15 is 0 Å². The average Bonchev–Trinajstić information content (AvgIpc) is 2.65. The van der Waals surface area contributed by atoms with Gasteiger partial charge >= 0.3 is 6.16 Å². The zero-order valence-electron chi connectivity index (χ0n) is 17.1. The number of hydrogen-bond donors (Lipinski definition) is 0. The van der Waals surface area contributed by atoms with E-state index < -0.39 is 6.16 Å². The summed E-state index contributed by atoms with van der Waals surface area (Å²) in [7, 11) is 0. The summed E-state index contributed by atoms with van der Waals surface area (Å²) in [6.45, 7) is 9.54. The van der Waals surface area contributed by atoms with Crippen LogP contribution in [0.4, 0.5) is 4.79 Å². The summed E-state index contributed by atoms with van der Waals surface area (Å²) in [5.74, 6) is -0.285. The molecule has 1 aromatic rings. The molecule has 0 radical (unpaired) electrons. The van der Waals surface area contributed by atoms with Crippen molar-refractivity contribution >= 4 is 17.8 Å². The molecule has 0 saturated carbocycles.